The minimum Gasteiger partial charge on any atom is -0.318 e. The summed E-state index contributed by atoms with van der Waals surface area (Å²) in [4.78, 5) is 20.7. The van der Waals surface area contributed by atoms with E-state index in [9.17, 15) is 0 Å². The summed E-state index contributed by atoms with van der Waals surface area (Å²) >= 11 is 0. The van der Waals surface area contributed by atoms with Crippen molar-refractivity contribution in [3.05, 3.63) is 0 Å². The lowest BCUT2D eigenvalue weighted by atomic mass is 9.91. The fraction of sp³-hybridized carbons (Fsp3) is 1.00. The normalized spacial score (nSPS) is 24.3. The van der Waals surface area contributed by atoms with Gasteiger partial charge in [-0.1, -0.05) is 13.8 Å². The highest BCUT2D eigenvalue weighted by molar-refractivity contribution is 4.90. The van der Waals surface area contributed by atoms with E-state index in [1.807, 2.05) is 55.4 Å². The van der Waals surface area contributed by atoms with Crippen molar-refractivity contribution in [2.24, 2.45) is 11.8 Å². The third kappa shape index (κ3) is 3.50. The maximum atomic E-state index is 5.92. The average Bonchev–Trinajstić information content (AvgIpc) is 3.02. The van der Waals surface area contributed by atoms with Gasteiger partial charge in [-0.3, -0.25) is 0 Å². The number of hydrogen-bond donors (Lipinski definition) is 0. The monoisotopic (exact) mass is 290 g/mol. The Labute approximate surface area is 120 Å². The molecule has 2 saturated heterocycles. The molecule has 6 heteroatoms. The topological polar surface area (TPSA) is 68.6 Å². The molecule has 0 bridgehead atoms. The van der Waals surface area contributed by atoms with Crippen molar-refractivity contribution < 1.29 is 29.0 Å². The minimum atomic E-state index is -1.19. The Morgan fingerprint density at radius 1 is 0.700 bits per heavy atom. The van der Waals surface area contributed by atoms with E-state index in [1.165, 1.54) is 0 Å². The molecule has 2 fully saturated rings. The summed E-state index contributed by atoms with van der Waals surface area (Å²) in [5, 5.41) is 0. The van der Waals surface area contributed by atoms with E-state index in [2.05, 4.69) is 0 Å². The first-order chi connectivity index (χ1) is 8.89. The van der Waals surface area contributed by atoms with Crippen LogP contribution in [-0.4, -0.2) is 23.1 Å². The molecule has 0 N–H and O–H groups in total. The van der Waals surface area contributed by atoms with Crippen molar-refractivity contribution in [1.29, 1.82) is 0 Å². The van der Waals surface area contributed by atoms with Gasteiger partial charge in [0.2, 0.25) is 0 Å². The average molecular weight is 290 g/mol. The van der Waals surface area contributed by atoms with Gasteiger partial charge >= 0.3 is 11.9 Å². The van der Waals surface area contributed by atoms with Crippen LogP contribution in [0.25, 0.3) is 0 Å². The molecule has 0 spiro atoms. The van der Waals surface area contributed by atoms with Crippen molar-refractivity contribution >= 4 is 0 Å². The molecule has 2 rings (SSSR count). The van der Waals surface area contributed by atoms with Gasteiger partial charge in [0, 0.05) is 0 Å². The lowest BCUT2D eigenvalue weighted by molar-refractivity contribution is -0.257. The van der Waals surface area contributed by atoms with Gasteiger partial charge in [0.1, 0.15) is 5.92 Å². The van der Waals surface area contributed by atoms with E-state index in [0.29, 0.717) is 0 Å². The van der Waals surface area contributed by atoms with Crippen LogP contribution in [0.5, 0.6) is 0 Å². The Balaban J connectivity index is 2.21. The smallest absolute Gasteiger partial charge is 0.318 e. The van der Waals surface area contributed by atoms with Gasteiger partial charge in [-0.2, -0.15) is 19.6 Å². The fourth-order valence-electron chi connectivity index (χ4n) is 2.37. The van der Waals surface area contributed by atoms with Crippen molar-refractivity contribution in [2.75, 3.05) is 0 Å². The summed E-state index contributed by atoms with van der Waals surface area (Å²) in [5.74, 6) is -2.64. The van der Waals surface area contributed by atoms with E-state index in [1.54, 1.807) is 0 Å². The molecule has 0 amide bonds. The van der Waals surface area contributed by atoms with Gasteiger partial charge in [-0.15, -0.1) is 0 Å². The highest BCUT2D eigenvalue weighted by atomic mass is 17.5. The molecule has 20 heavy (non-hydrogen) atoms. The van der Waals surface area contributed by atoms with Gasteiger partial charge in [-0.05, 0) is 47.5 Å². The summed E-state index contributed by atoms with van der Waals surface area (Å²) in [6.45, 7) is 15.6. The summed E-state index contributed by atoms with van der Waals surface area (Å²) in [5.41, 5.74) is -0.858. The molecule has 0 unspecified atom stereocenters. The zero-order chi connectivity index (χ0) is 15.4. The van der Waals surface area contributed by atoms with Crippen molar-refractivity contribution in [1.82, 2.24) is 0 Å². The van der Waals surface area contributed by atoms with Crippen molar-refractivity contribution in [3.8, 4) is 0 Å². The van der Waals surface area contributed by atoms with E-state index in [-0.39, 0.29) is 11.8 Å². The van der Waals surface area contributed by atoms with Gasteiger partial charge in [-0.25, -0.2) is 0 Å². The second-order valence-electron chi connectivity index (χ2n) is 7.69. The second kappa shape index (κ2) is 4.63. The van der Waals surface area contributed by atoms with Crippen molar-refractivity contribution in [2.45, 2.75) is 78.5 Å². The third-order valence-electron chi connectivity index (χ3n) is 2.82. The molecule has 2 heterocycles. The van der Waals surface area contributed by atoms with E-state index >= 15 is 0 Å². The first kappa shape index (κ1) is 16.1. The highest BCUT2D eigenvalue weighted by Crippen LogP contribution is 2.56. The van der Waals surface area contributed by atoms with Crippen LogP contribution < -0.4 is 0 Å². The van der Waals surface area contributed by atoms with Crippen LogP contribution in [0.1, 0.15) is 55.4 Å². The molecule has 0 aromatic rings. The Bertz CT molecular complexity index is 325. The van der Waals surface area contributed by atoms with Crippen molar-refractivity contribution in [3.63, 3.8) is 0 Å². The first-order valence-corrected chi connectivity index (χ1v) is 7.03. The van der Waals surface area contributed by atoms with Crippen LogP contribution in [0.2, 0.25) is 0 Å². The molecule has 0 aromatic heterocycles. The Kier molecular flexibility index (Phi) is 3.73. The zero-order valence-corrected chi connectivity index (χ0v) is 13.6. The van der Waals surface area contributed by atoms with Gasteiger partial charge in [0.05, 0.1) is 11.2 Å². The molecular formula is C14H26O6. The molecule has 0 saturated carbocycles. The summed E-state index contributed by atoms with van der Waals surface area (Å²) in [7, 11) is 0. The highest BCUT2D eigenvalue weighted by Gasteiger charge is 2.76. The molecule has 0 atom stereocenters. The molecule has 2 aliphatic rings. The number of hydrogen-bond acceptors (Lipinski definition) is 6. The maximum Gasteiger partial charge on any atom is 0.351 e. The number of rotatable bonds is 5. The predicted molar refractivity (Wildman–Crippen MR) is 69.8 cm³/mol. The Morgan fingerprint density at radius 3 is 1.15 bits per heavy atom. The SMILES string of the molecule is CC(C)C(C1(OC(C)(C)C)OO1)C1(OC(C)(C)C)OO1. The van der Waals surface area contributed by atoms with E-state index in [4.69, 9.17) is 29.0 Å². The van der Waals surface area contributed by atoms with Crippen LogP contribution in [0.4, 0.5) is 0 Å². The van der Waals surface area contributed by atoms with Crippen LogP contribution in [0.3, 0.4) is 0 Å². The predicted octanol–water partition coefficient (Wildman–Crippen LogP) is 3.12. The Morgan fingerprint density at radius 2 is 1.00 bits per heavy atom. The molecule has 0 aliphatic carbocycles. The minimum absolute atomic E-state index is 0.102. The Hall–Kier alpha value is -0.240. The molecule has 2 aliphatic heterocycles. The van der Waals surface area contributed by atoms with Crippen LogP contribution in [0, 0.1) is 11.8 Å². The summed E-state index contributed by atoms with van der Waals surface area (Å²) in [6, 6.07) is 0. The fourth-order valence-corrected chi connectivity index (χ4v) is 2.37. The third-order valence-corrected chi connectivity index (χ3v) is 2.82. The van der Waals surface area contributed by atoms with E-state index < -0.39 is 23.1 Å². The quantitative estimate of drug-likeness (QED) is 0.572. The van der Waals surface area contributed by atoms with Crippen LogP contribution >= 0.6 is 0 Å². The van der Waals surface area contributed by atoms with Gasteiger partial charge in [0.25, 0.3) is 0 Å². The van der Waals surface area contributed by atoms with Gasteiger partial charge < -0.3 is 9.47 Å². The van der Waals surface area contributed by atoms with Crippen LogP contribution in [-0.2, 0) is 29.0 Å². The molecular weight excluding hydrogens is 264 g/mol. The molecule has 118 valence electrons. The largest absolute Gasteiger partial charge is 0.351 e. The number of ether oxygens (including phenoxy) is 2. The summed E-state index contributed by atoms with van der Waals surface area (Å²) in [6.07, 6.45) is 0. The summed E-state index contributed by atoms with van der Waals surface area (Å²) < 4.78 is 11.8. The maximum absolute atomic E-state index is 5.92. The molecule has 0 radical (unpaired) electrons. The first-order valence-electron chi connectivity index (χ1n) is 7.03. The van der Waals surface area contributed by atoms with E-state index in [0.717, 1.165) is 0 Å². The second-order valence-corrected chi connectivity index (χ2v) is 7.69. The van der Waals surface area contributed by atoms with Gasteiger partial charge in [0.15, 0.2) is 0 Å². The standard InChI is InChI=1S/C14H26O6/c1-9(2)10(13(17-18-13)15-11(3,4)5)14(19-20-14)16-12(6,7)8/h9-10H,1-8H3. The lowest BCUT2D eigenvalue weighted by Gasteiger charge is -2.33. The molecule has 0 aromatic carbocycles. The molecule has 6 nitrogen and oxygen atoms in total. The zero-order valence-electron chi connectivity index (χ0n) is 13.6. The van der Waals surface area contributed by atoms with Crippen LogP contribution in [0.15, 0.2) is 0 Å². The lowest BCUT2D eigenvalue weighted by Crippen LogP contribution is -2.49.